The third kappa shape index (κ3) is 0.644. The molecule has 0 unspecified atom stereocenters. The average Bonchev–Trinajstić information content (AvgIpc) is 1.85. The van der Waals surface area contributed by atoms with Crippen LogP contribution in [0.25, 0.3) is 0 Å². The van der Waals surface area contributed by atoms with Gasteiger partial charge < -0.3 is 5.32 Å². The fourth-order valence-electron chi connectivity index (χ4n) is 0.601. The van der Waals surface area contributed by atoms with Crippen LogP contribution >= 0.6 is 0 Å². The van der Waals surface area contributed by atoms with E-state index in [9.17, 15) is 4.79 Å². The molecule has 0 saturated carbocycles. The molecule has 0 aliphatic carbocycles. The molecule has 0 radical (unpaired) electrons. The second-order valence-electron chi connectivity index (χ2n) is 1.81. The molecular weight excluding hydrogens is 102 g/mol. The molecule has 0 spiro atoms. The van der Waals surface area contributed by atoms with E-state index in [0.717, 1.165) is 5.57 Å². The quantitative estimate of drug-likeness (QED) is 0.492. The fourth-order valence-corrected chi connectivity index (χ4v) is 0.601. The number of hydrogen-bond donors (Lipinski definition) is 1. The van der Waals surface area contributed by atoms with Gasteiger partial charge in [0, 0.05) is 7.12 Å². The summed E-state index contributed by atoms with van der Waals surface area (Å²) in [6, 6.07) is 0. The lowest BCUT2D eigenvalue weighted by Gasteiger charge is -1.88. The molecule has 1 heterocycles. The van der Waals surface area contributed by atoms with E-state index in [-0.39, 0.29) is 7.33 Å². The van der Waals surface area contributed by atoms with Gasteiger partial charge in [-0.25, -0.2) is 0 Å². The van der Waals surface area contributed by atoms with E-state index >= 15 is 0 Å². The summed E-state index contributed by atoms with van der Waals surface area (Å²) < 4.78 is 0. The molecule has 1 aliphatic rings. The summed E-state index contributed by atoms with van der Waals surface area (Å²) in [7, 11) is 0. The molecule has 1 rings (SSSR count). The first kappa shape index (κ1) is 5.09. The Morgan fingerprint density at radius 1 is 1.62 bits per heavy atom. The maximum absolute atomic E-state index is 10.4. The van der Waals surface area contributed by atoms with E-state index in [1.165, 1.54) is 0 Å². The number of rotatable bonds is 0. The van der Waals surface area contributed by atoms with Crippen molar-refractivity contribution >= 4 is 5.91 Å². The molecule has 0 aromatic rings. The van der Waals surface area contributed by atoms with Crippen LogP contribution in [0.2, 0.25) is 0 Å². The second kappa shape index (κ2) is 1.47. The monoisotopic (exact) mass is 111 g/mol. The predicted molar refractivity (Wildman–Crippen MR) is 33.2 cm³/mol. The molecule has 44 valence electrons. The van der Waals surface area contributed by atoms with Crippen molar-refractivity contribution in [1.82, 2.24) is 5.32 Å². The van der Waals surface area contributed by atoms with Crippen LogP contribution in [0.4, 0.5) is 0 Å². The van der Waals surface area contributed by atoms with Crippen molar-refractivity contribution < 1.29 is 6.22 Å². The Morgan fingerprint density at radius 2 is 2.25 bits per heavy atom. The molecule has 1 amide bonds. The minimum atomic E-state index is 0. The first-order chi connectivity index (χ1) is 3.70. The lowest BCUT2D eigenvalue weighted by atomic mass is 10.2. The van der Waals surface area contributed by atoms with Crippen molar-refractivity contribution in [2.75, 3.05) is 0 Å². The Morgan fingerprint density at radius 3 is 2.38 bits per heavy atom. The van der Waals surface area contributed by atoms with Crippen molar-refractivity contribution in [2.45, 2.75) is 6.42 Å². The largest absolute Gasteiger partial charge is 0.326 e. The second-order valence-corrected chi connectivity index (χ2v) is 1.81. The highest BCUT2D eigenvalue weighted by Crippen LogP contribution is 2.13. The minimum absolute atomic E-state index is 0. The SMILES string of the molecule is C=C1CC(=O)NC1=C.[HH]. The standard InChI is InChI=1S/C6H7NO.H2/c1-4-3-6(8)7-5(4)2;/h1-3H2,(H,7,8);1H. The van der Waals surface area contributed by atoms with Crippen molar-refractivity contribution in [3.63, 3.8) is 0 Å². The lowest BCUT2D eigenvalue weighted by Crippen LogP contribution is -2.10. The molecule has 1 saturated heterocycles. The van der Waals surface area contributed by atoms with Crippen LogP contribution in [0.15, 0.2) is 24.4 Å². The van der Waals surface area contributed by atoms with Gasteiger partial charge in [0.05, 0.1) is 6.42 Å². The van der Waals surface area contributed by atoms with Gasteiger partial charge in [0.2, 0.25) is 5.91 Å². The summed E-state index contributed by atoms with van der Waals surface area (Å²) in [6.07, 6.45) is 0.416. The van der Waals surface area contributed by atoms with Crippen LogP contribution in [0.1, 0.15) is 7.85 Å². The van der Waals surface area contributed by atoms with Crippen molar-refractivity contribution in [3.05, 3.63) is 24.4 Å². The number of carbonyl (C=O) groups is 1. The first-order valence-electron chi connectivity index (χ1n) is 2.37. The Hall–Kier alpha value is -1.05. The van der Waals surface area contributed by atoms with E-state index in [1.54, 1.807) is 0 Å². The summed E-state index contributed by atoms with van der Waals surface area (Å²) >= 11 is 0. The van der Waals surface area contributed by atoms with E-state index in [4.69, 9.17) is 0 Å². The van der Waals surface area contributed by atoms with Gasteiger partial charge in [-0.05, 0) is 5.57 Å². The topological polar surface area (TPSA) is 29.1 Å². The molecule has 2 nitrogen and oxygen atoms in total. The van der Waals surface area contributed by atoms with Gasteiger partial charge in [-0.1, -0.05) is 13.2 Å². The molecule has 1 fully saturated rings. The van der Waals surface area contributed by atoms with Gasteiger partial charge >= 0.3 is 0 Å². The number of allylic oxidation sites excluding steroid dienone is 1. The van der Waals surface area contributed by atoms with Crippen molar-refractivity contribution in [1.29, 1.82) is 0 Å². The van der Waals surface area contributed by atoms with Gasteiger partial charge in [0.25, 0.3) is 0 Å². The Labute approximate surface area is 49.4 Å². The summed E-state index contributed by atoms with van der Waals surface area (Å²) in [5.74, 6) is 0.000000000000000222. The number of hydrogen-bond acceptors (Lipinski definition) is 1. The van der Waals surface area contributed by atoms with E-state index in [0.29, 0.717) is 12.1 Å². The molecule has 8 heavy (non-hydrogen) atoms. The Bertz CT molecular complexity index is 156. The van der Waals surface area contributed by atoms with Crippen molar-refractivity contribution in [3.8, 4) is 0 Å². The highest BCUT2D eigenvalue weighted by molar-refractivity contribution is 5.86. The molecule has 1 aliphatic heterocycles. The van der Waals surface area contributed by atoms with E-state index in [1.807, 2.05) is 0 Å². The molecule has 1 N–H and O–H groups in total. The van der Waals surface area contributed by atoms with Gasteiger partial charge in [0.1, 0.15) is 0 Å². The zero-order chi connectivity index (χ0) is 6.15. The highest BCUT2D eigenvalue weighted by Gasteiger charge is 2.15. The summed E-state index contributed by atoms with van der Waals surface area (Å²) in [5.41, 5.74) is 1.46. The van der Waals surface area contributed by atoms with Crippen LogP contribution in [-0.2, 0) is 4.79 Å². The maximum Gasteiger partial charge on any atom is 0.228 e. The third-order valence-electron chi connectivity index (χ3n) is 1.09. The Kier molecular flexibility index (Phi) is 0.938. The molecule has 0 aromatic carbocycles. The Balaban J connectivity index is 0.000000640. The van der Waals surface area contributed by atoms with Gasteiger partial charge in [-0.2, -0.15) is 0 Å². The molecular formula is C6H9NO. The fraction of sp³-hybridized carbons (Fsp3) is 0.167. The number of amides is 1. The van der Waals surface area contributed by atoms with Gasteiger partial charge in [-0.3, -0.25) is 4.79 Å². The molecule has 0 aromatic heterocycles. The van der Waals surface area contributed by atoms with Gasteiger partial charge in [-0.15, -0.1) is 0 Å². The van der Waals surface area contributed by atoms with Crippen LogP contribution in [0.3, 0.4) is 0 Å². The summed E-state index contributed by atoms with van der Waals surface area (Å²) in [5, 5.41) is 2.53. The smallest absolute Gasteiger partial charge is 0.228 e. The third-order valence-corrected chi connectivity index (χ3v) is 1.09. The lowest BCUT2D eigenvalue weighted by molar-refractivity contribution is -0.118. The maximum atomic E-state index is 10.4. The van der Waals surface area contributed by atoms with Gasteiger partial charge in [0.15, 0.2) is 0 Å². The van der Waals surface area contributed by atoms with Crippen molar-refractivity contribution in [2.24, 2.45) is 0 Å². The van der Waals surface area contributed by atoms with E-state index < -0.39 is 0 Å². The minimum Gasteiger partial charge on any atom is -0.326 e. The predicted octanol–water partition coefficient (Wildman–Crippen LogP) is 0.822. The molecule has 0 bridgehead atoms. The summed E-state index contributed by atoms with van der Waals surface area (Å²) in [4.78, 5) is 10.4. The molecule has 0 atom stereocenters. The molecule has 2 heteroatoms. The summed E-state index contributed by atoms with van der Waals surface area (Å²) in [6.45, 7) is 7.16. The number of carbonyl (C=O) groups excluding carboxylic acids is 1. The zero-order valence-corrected chi connectivity index (χ0v) is 4.53. The number of nitrogens with one attached hydrogen (secondary N) is 1. The van der Waals surface area contributed by atoms with Crippen LogP contribution in [0.5, 0.6) is 0 Å². The average molecular weight is 111 g/mol. The normalized spacial score (nSPS) is 19.2. The van der Waals surface area contributed by atoms with Crippen LogP contribution in [0, 0.1) is 0 Å². The highest BCUT2D eigenvalue weighted by atomic mass is 16.1. The van der Waals surface area contributed by atoms with E-state index in [2.05, 4.69) is 18.5 Å². The van der Waals surface area contributed by atoms with Crippen LogP contribution < -0.4 is 5.32 Å². The zero-order valence-electron chi connectivity index (χ0n) is 4.53. The first-order valence-corrected chi connectivity index (χ1v) is 2.37. The van der Waals surface area contributed by atoms with Crippen LogP contribution in [-0.4, -0.2) is 5.91 Å².